The molecule has 0 fully saturated rings. The number of carbonyl (C=O) groups excluding carboxylic acids is 1. The Morgan fingerprint density at radius 1 is 1.00 bits per heavy atom. The molecule has 2 aromatic carbocycles. The van der Waals surface area contributed by atoms with Crippen molar-refractivity contribution < 1.29 is 4.79 Å². The van der Waals surface area contributed by atoms with Gasteiger partial charge in [0.15, 0.2) is 5.96 Å². The zero-order chi connectivity index (χ0) is 21.1. The van der Waals surface area contributed by atoms with Crippen molar-refractivity contribution in [2.75, 3.05) is 34.2 Å². The molecule has 0 aromatic heterocycles. The molecular weight excluding hydrogens is 362 g/mol. The molecule has 6 nitrogen and oxygen atoms in total. The average Bonchev–Trinajstić information content (AvgIpc) is 2.72. The Labute approximate surface area is 174 Å². The summed E-state index contributed by atoms with van der Waals surface area (Å²) in [5.41, 5.74) is 4.28. The third kappa shape index (κ3) is 7.95. The second-order valence-corrected chi connectivity index (χ2v) is 7.21. The summed E-state index contributed by atoms with van der Waals surface area (Å²) in [6.45, 7) is 5.17. The van der Waals surface area contributed by atoms with Gasteiger partial charge < -0.3 is 20.9 Å². The summed E-state index contributed by atoms with van der Waals surface area (Å²) < 4.78 is 0. The lowest BCUT2D eigenvalue weighted by Gasteiger charge is -2.12. The Balaban J connectivity index is 1.90. The lowest BCUT2D eigenvalue weighted by Crippen LogP contribution is -2.38. The van der Waals surface area contributed by atoms with Crippen LogP contribution in [0.15, 0.2) is 53.5 Å². The molecule has 6 heteroatoms. The van der Waals surface area contributed by atoms with Gasteiger partial charge in [0.2, 0.25) is 0 Å². The quantitative estimate of drug-likeness (QED) is 0.451. The number of guanidine groups is 1. The molecule has 0 radical (unpaired) electrons. The second kappa shape index (κ2) is 11.9. The minimum atomic E-state index is -0.0636. The van der Waals surface area contributed by atoms with Gasteiger partial charge in [-0.1, -0.05) is 36.4 Å². The summed E-state index contributed by atoms with van der Waals surface area (Å²) in [7, 11) is 5.79. The topological polar surface area (TPSA) is 68.8 Å². The number of rotatable bonds is 9. The fraction of sp³-hybridized carbons (Fsp3) is 0.391. The number of carbonyl (C=O) groups is 1. The number of nitrogens with one attached hydrogen (secondary N) is 3. The van der Waals surface area contributed by atoms with Gasteiger partial charge in [0, 0.05) is 32.2 Å². The van der Waals surface area contributed by atoms with E-state index >= 15 is 0 Å². The third-order valence-electron chi connectivity index (χ3n) is 4.41. The van der Waals surface area contributed by atoms with Gasteiger partial charge in [-0.3, -0.25) is 4.79 Å². The molecule has 0 heterocycles. The predicted octanol–water partition coefficient (Wildman–Crippen LogP) is 2.41. The Bertz CT molecular complexity index is 799. The first-order valence-electron chi connectivity index (χ1n) is 10.1. The maximum Gasteiger partial charge on any atom is 0.251 e. The van der Waals surface area contributed by atoms with E-state index in [1.54, 1.807) is 7.05 Å². The van der Waals surface area contributed by atoms with E-state index in [-0.39, 0.29) is 5.91 Å². The van der Waals surface area contributed by atoms with Gasteiger partial charge in [-0.05, 0) is 56.3 Å². The van der Waals surface area contributed by atoms with Gasteiger partial charge in [-0.15, -0.1) is 0 Å². The van der Waals surface area contributed by atoms with Crippen LogP contribution in [0.1, 0.15) is 34.0 Å². The van der Waals surface area contributed by atoms with Crippen molar-refractivity contribution in [1.82, 2.24) is 20.9 Å². The standard InChI is InChI=1S/C23H33N5O/c1-5-25-23(27-16-19-9-11-20(12-10-19)17-28(3)4)26-14-13-18-7-6-8-21(15-18)22(29)24-2/h6-12,15H,5,13-14,16-17H2,1-4H3,(H,24,29)(H2,25,26,27). The van der Waals surface area contributed by atoms with Crippen molar-refractivity contribution in [1.29, 1.82) is 0 Å². The van der Waals surface area contributed by atoms with E-state index in [1.807, 2.05) is 24.3 Å². The summed E-state index contributed by atoms with van der Waals surface area (Å²) in [6.07, 6.45) is 0.814. The number of benzene rings is 2. The van der Waals surface area contributed by atoms with E-state index in [9.17, 15) is 4.79 Å². The molecule has 1 amide bonds. The fourth-order valence-electron chi connectivity index (χ4n) is 2.96. The highest BCUT2D eigenvalue weighted by atomic mass is 16.1. The van der Waals surface area contributed by atoms with E-state index < -0.39 is 0 Å². The van der Waals surface area contributed by atoms with E-state index in [4.69, 9.17) is 0 Å². The fourth-order valence-corrected chi connectivity index (χ4v) is 2.96. The molecule has 2 aromatic rings. The molecule has 0 saturated carbocycles. The lowest BCUT2D eigenvalue weighted by atomic mass is 10.1. The van der Waals surface area contributed by atoms with Crippen LogP contribution < -0.4 is 16.0 Å². The van der Waals surface area contributed by atoms with Gasteiger partial charge in [-0.2, -0.15) is 0 Å². The molecule has 0 saturated heterocycles. The maximum atomic E-state index is 11.8. The van der Waals surface area contributed by atoms with Crippen molar-refractivity contribution >= 4 is 11.9 Å². The Morgan fingerprint density at radius 2 is 1.72 bits per heavy atom. The third-order valence-corrected chi connectivity index (χ3v) is 4.41. The van der Waals surface area contributed by atoms with Gasteiger partial charge in [-0.25, -0.2) is 4.99 Å². The molecule has 0 aliphatic heterocycles. The summed E-state index contributed by atoms with van der Waals surface area (Å²) in [4.78, 5) is 18.6. The monoisotopic (exact) mass is 395 g/mol. The van der Waals surface area contributed by atoms with Gasteiger partial charge in [0.25, 0.3) is 5.91 Å². The molecule has 0 spiro atoms. The molecule has 0 atom stereocenters. The minimum Gasteiger partial charge on any atom is -0.357 e. The zero-order valence-electron chi connectivity index (χ0n) is 18.0. The molecule has 0 aliphatic carbocycles. The van der Waals surface area contributed by atoms with Crippen LogP contribution in [0.5, 0.6) is 0 Å². The highest BCUT2D eigenvalue weighted by Crippen LogP contribution is 2.08. The second-order valence-electron chi connectivity index (χ2n) is 7.21. The summed E-state index contributed by atoms with van der Waals surface area (Å²) in [6, 6.07) is 16.3. The highest BCUT2D eigenvalue weighted by Gasteiger charge is 2.04. The first-order valence-corrected chi connectivity index (χ1v) is 10.1. The number of hydrogen-bond acceptors (Lipinski definition) is 3. The molecular formula is C23H33N5O. The smallest absolute Gasteiger partial charge is 0.251 e. The van der Waals surface area contributed by atoms with Crippen LogP contribution in [0.4, 0.5) is 0 Å². The van der Waals surface area contributed by atoms with Crippen LogP contribution in [-0.2, 0) is 19.5 Å². The molecule has 0 aliphatic rings. The molecule has 156 valence electrons. The van der Waals surface area contributed by atoms with Crippen molar-refractivity contribution in [3.63, 3.8) is 0 Å². The maximum absolute atomic E-state index is 11.8. The van der Waals surface area contributed by atoms with Crippen LogP contribution in [-0.4, -0.2) is 51.0 Å². The summed E-state index contributed by atoms with van der Waals surface area (Å²) in [5.74, 6) is 0.735. The van der Waals surface area contributed by atoms with Crippen molar-refractivity contribution in [3.8, 4) is 0 Å². The van der Waals surface area contributed by atoms with Gasteiger partial charge in [0.05, 0.1) is 6.54 Å². The van der Waals surface area contributed by atoms with Crippen LogP contribution in [0.3, 0.4) is 0 Å². The van der Waals surface area contributed by atoms with Crippen molar-refractivity contribution in [2.45, 2.75) is 26.4 Å². The Morgan fingerprint density at radius 3 is 2.38 bits per heavy atom. The van der Waals surface area contributed by atoms with Crippen molar-refractivity contribution in [2.24, 2.45) is 4.99 Å². The minimum absolute atomic E-state index is 0.0636. The van der Waals surface area contributed by atoms with Crippen LogP contribution >= 0.6 is 0 Å². The highest BCUT2D eigenvalue weighted by molar-refractivity contribution is 5.94. The van der Waals surface area contributed by atoms with E-state index in [1.165, 1.54) is 11.1 Å². The summed E-state index contributed by atoms with van der Waals surface area (Å²) >= 11 is 0. The molecule has 2 rings (SSSR count). The molecule has 0 bridgehead atoms. The van der Waals surface area contributed by atoms with E-state index in [0.717, 1.165) is 37.6 Å². The number of nitrogens with zero attached hydrogens (tertiary/aromatic N) is 2. The lowest BCUT2D eigenvalue weighted by molar-refractivity contribution is 0.0963. The first kappa shape index (κ1) is 22.4. The number of hydrogen-bond donors (Lipinski definition) is 3. The number of aliphatic imine (C=N–C) groups is 1. The molecule has 3 N–H and O–H groups in total. The van der Waals surface area contributed by atoms with E-state index in [0.29, 0.717) is 12.1 Å². The normalized spacial score (nSPS) is 11.4. The van der Waals surface area contributed by atoms with Crippen LogP contribution in [0, 0.1) is 0 Å². The van der Waals surface area contributed by atoms with E-state index in [2.05, 4.69) is 71.1 Å². The molecule has 0 unspecified atom stereocenters. The summed E-state index contributed by atoms with van der Waals surface area (Å²) in [5, 5.41) is 9.31. The predicted molar refractivity (Wildman–Crippen MR) is 120 cm³/mol. The zero-order valence-corrected chi connectivity index (χ0v) is 18.0. The Hall–Kier alpha value is -2.86. The SMILES string of the molecule is CCNC(=NCc1ccc(CN(C)C)cc1)NCCc1cccc(C(=O)NC)c1. The van der Waals surface area contributed by atoms with Gasteiger partial charge in [0.1, 0.15) is 0 Å². The first-order chi connectivity index (χ1) is 14.0. The molecule has 29 heavy (non-hydrogen) atoms. The van der Waals surface area contributed by atoms with Crippen molar-refractivity contribution in [3.05, 3.63) is 70.8 Å². The van der Waals surface area contributed by atoms with Gasteiger partial charge >= 0.3 is 0 Å². The number of amides is 1. The Kier molecular flexibility index (Phi) is 9.18. The average molecular weight is 396 g/mol. The largest absolute Gasteiger partial charge is 0.357 e. The van der Waals surface area contributed by atoms with Crippen LogP contribution in [0.2, 0.25) is 0 Å². The van der Waals surface area contributed by atoms with Crippen LogP contribution in [0.25, 0.3) is 0 Å².